The third-order valence-electron chi connectivity index (χ3n) is 6.70. The number of hydrogen-bond acceptors (Lipinski definition) is 2. The molecule has 2 heterocycles. The van der Waals surface area contributed by atoms with Gasteiger partial charge in [0.25, 0.3) is 0 Å². The molecule has 3 fully saturated rings. The van der Waals surface area contributed by atoms with E-state index in [4.69, 9.17) is 0 Å². The van der Waals surface area contributed by atoms with Gasteiger partial charge in [-0.05, 0) is 75.4 Å². The Hall–Kier alpha value is -0.0800. The van der Waals surface area contributed by atoms with Crippen molar-refractivity contribution >= 4 is 0 Å². The molecule has 1 aliphatic carbocycles. The van der Waals surface area contributed by atoms with E-state index < -0.39 is 0 Å². The molecule has 0 aromatic rings. The average molecular weight is 278 g/mol. The maximum absolute atomic E-state index is 3.65. The molecule has 0 bridgehead atoms. The molecule has 0 aromatic carbocycles. The topological polar surface area (TPSA) is 15.3 Å². The molecule has 2 heteroatoms. The Labute approximate surface area is 125 Å². The van der Waals surface area contributed by atoms with Gasteiger partial charge in [0.1, 0.15) is 0 Å². The molecule has 1 N–H and O–H groups in total. The Morgan fingerprint density at radius 3 is 2.25 bits per heavy atom. The number of nitrogens with one attached hydrogen (secondary N) is 1. The molecule has 1 saturated carbocycles. The number of piperidine rings is 2. The Kier molecular flexibility index (Phi) is 4.72. The minimum Gasteiger partial charge on any atom is -0.316 e. The fourth-order valence-corrected chi connectivity index (χ4v) is 5.04. The Bertz CT molecular complexity index is 291. The second kappa shape index (κ2) is 6.36. The first kappa shape index (κ1) is 14.8. The summed E-state index contributed by atoms with van der Waals surface area (Å²) in [6, 6.07) is 0. The van der Waals surface area contributed by atoms with Crippen LogP contribution >= 0.6 is 0 Å². The third-order valence-corrected chi connectivity index (χ3v) is 6.70. The van der Waals surface area contributed by atoms with Crippen LogP contribution in [0.5, 0.6) is 0 Å². The molecule has 2 saturated heterocycles. The van der Waals surface area contributed by atoms with E-state index >= 15 is 0 Å². The lowest BCUT2D eigenvalue weighted by molar-refractivity contribution is 0.0329. The van der Waals surface area contributed by atoms with Crippen LogP contribution in [0.4, 0.5) is 0 Å². The van der Waals surface area contributed by atoms with Crippen molar-refractivity contribution in [3.63, 3.8) is 0 Å². The zero-order valence-electron chi connectivity index (χ0n) is 13.6. The van der Waals surface area contributed by atoms with Gasteiger partial charge >= 0.3 is 0 Å². The minimum atomic E-state index is 0.579. The number of nitrogens with zero attached hydrogens (tertiary/aromatic N) is 1. The van der Waals surface area contributed by atoms with Gasteiger partial charge in [-0.15, -0.1) is 0 Å². The standard InChI is InChI=1S/C18H34N2/c1-2-17(9-6-12-19-15-17)16-20-13-10-18(11-14-20)7-4-3-5-8-18/h19H,2-16H2,1H3. The largest absolute Gasteiger partial charge is 0.316 e. The molecule has 1 unspecified atom stereocenters. The summed E-state index contributed by atoms with van der Waals surface area (Å²) in [5.41, 5.74) is 1.34. The molecule has 3 rings (SSSR count). The second-order valence-corrected chi connectivity index (χ2v) is 7.97. The second-order valence-electron chi connectivity index (χ2n) is 7.97. The van der Waals surface area contributed by atoms with Crippen LogP contribution in [0.3, 0.4) is 0 Å². The number of hydrogen-bond donors (Lipinski definition) is 1. The van der Waals surface area contributed by atoms with Gasteiger partial charge in [-0.3, -0.25) is 0 Å². The first-order valence-corrected chi connectivity index (χ1v) is 9.19. The predicted octanol–water partition coefficient (Wildman–Crippen LogP) is 3.81. The minimum absolute atomic E-state index is 0.579. The van der Waals surface area contributed by atoms with Gasteiger partial charge in [-0.2, -0.15) is 0 Å². The maximum Gasteiger partial charge on any atom is 0.00501 e. The van der Waals surface area contributed by atoms with Gasteiger partial charge in [0.15, 0.2) is 0 Å². The first-order valence-electron chi connectivity index (χ1n) is 9.19. The highest BCUT2D eigenvalue weighted by molar-refractivity contribution is 4.92. The maximum atomic E-state index is 3.65. The molecule has 1 atom stereocenters. The van der Waals surface area contributed by atoms with E-state index in [1.165, 1.54) is 96.9 Å². The summed E-state index contributed by atoms with van der Waals surface area (Å²) in [5.74, 6) is 0. The van der Waals surface area contributed by atoms with Crippen molar-refractivity contribution < 1.29 is 0 Å². The van der Waals surface area contributed by atoms with Gasteiger partial charge in [-0.25, -0.2) is 0 Å². The summed E-state index contributed by atoms with van der Waals surface area (Å²) >= 11 is 0. The van der Waals surface area contributed by atoms with Crippen LogP contribution in [-0.2, 0) is 0 Å². The van der Waals surface area contributed by atoms with Crippen LogP contribution in [0.2, 0.25) is 0 Å². The van der Waals surface area contributed by atoms with Gasteiger partial charge in [0.2, 0.25) is 0 Å². The van der Waals surface area contributed by atoms with E-state index in [2.05, 4.69) is 17.1 Å². The zero-order valence-corrected chi connectivity index (χ0v) is 13.6. The van der Waals surface area contributed by atoms with Gasteiger partial charge in [0.05, 0.1) is 0 Å². The van der Waals surface area contributed by atoms with Crippen molar-refractivity contribution in [2.24, 2.45) is 10.8 Å². The molecular weight excluding hydrogens is 244 g/mol. The highest BCUT2D eigenvalue weighted by Gasteiger charge is 2.38. The van der Waals surface area contributed by atoms with Crippen molar-refractivity contribution in [2.45, 2.75) is 71.1 Å². The van der Waals surface area contributed by atoms with Crippen molar-refractivity contribution in [3.05, 3.63) is 0 Å². The quantitative estimate of drug-likeness (QED) is 0.844. The van der Waals surface area contributed by atoms with Gasteiger partial charge < -0.3 is 10.2 Å². The number of rotatable bonds is 3. The Morgan fingerprint density at radius 1 is 0.900 bits per heavy atom. The highest BCUT2D eigenvalue weighted by Crippen LogP contribution is 2.45. The van der Waals surface area contributed by atoms with Crippen molar-refractivity contribution in [3.8, 4) is 0 Å². The lowest BCUT2D eigenvalue weighted by Crippen LogP contribution is -2.50. The van der Waals surface area contributed by atoms with E-state index in [1.54, 1.807) is 0 Å². The van der Waals surface area contributed by atoms with Crippen LogP contribution in [0.25, 0.3) is 0 Å². The molecule has 2 aliphatic heterocycles. The van der Waals surface area contributed by atoms with E-state index in [9.17, 15) is 0 Å². The molecule has 2 nitrogen and oxygen atoms in total. The third kappa shape index (κ3) is 3.22. The van der Waals surface area contributed by atoms with E-state index in [1.807, 2.05) is 0 Å². The summed E-state index contributed by atoms with van der Waals surface area (Å²) in [6.45, 7) is 9.01. The van der Waals surface area contributed by atoms with Crippen molar-refractivity contribution in [1.82, 2.24) is 10.2 Å². The monoisotopic (exact) mass is 278 g/mol. The molecule has 0 radical (unpaired) electrons. The van der Waals surface area contributed by atoms with Crippen LogP contribution in [0, 0.1) is 10.8 Å². The SMILES string of the molecule is CCC1(CN2CCC3(CCCCC3)CC2)CCCNC1. The molecule has 116 valence electrons. The molecule has 20 heavy (non-hydrogen) atoms. The lowest BCUT2D eigenvalue weighted by Gasteiger charge is -2.47. The van der Waals surface area contributed by atoms with Crippen LogP contribution in [0.1, 0.15) is 71.1 Å². The highest BCUT2D eigenvalue weighted by atomic mass is 15.1. The Morgan fingerprint density at radius 2 is 1.65 bits per heavy atom. The molecule has 3 aliphatic rings. The van der Waals surface area contributed by atoms with Gasteiger partial charge in [-0.1, -0.05) is 26.2 Å². The first-order chi connectivity index (χ1) is 9.76. The smallest absolute Gasteiger partial charge is 0.00501 e. The molecule has 1 spiro atoms. The molecular formula is C18H34N2. The summed E-state index contributed by atoms with van der Waals surface area (Å²) in [7, 11) is 0. The average Bonchev–Trinajstić information content (AvgIpc) is 2.52. The van der Waals surface area contributed by atoms with Crippen LogP contribution < -0.4 is 5.32 Å². The summed E-state index contributed by atoms with van der Waals surface area (Å²) in [4.78, 5) is 2.80. The lowest BCUT2D eigenvalue weighted by atomic mass is 9.67. The van der Waals surface area contributed by atoms with E-state index in [0.29, 0.717) is 5.41 Å². The zero-order chi connectivity index (χ0) is 13.9. The normalized spacial score (nSPS) is 35.2. The van der Waals surface area contributed by atoms with Crippen molar-refractivity contribution in [1.29, 1.82) is 0 Å². The van der Waals surface area contributed by atoms with Crippen molar-refractivity contribution in [2.75, 3.05) is 32.7 Å². The fourth-order valence-electron chi connectivity index (χ4n) is 5.04. The number of likely N-dealkylation sites (tertiary alicyclic amines) is 1. The van der Waals surface area contributed by atoms with E-state index in [0.717, 1.165) is 5.41 Å². The summed E-state index contributed by atoms with van der Waals surface area (Å²) in [5, 5.41) is 3.65. The van der Waals surface area contributed by atoms with Gasteiger partial charge in [0, 0.05) is 13.1 Å². The fraction of sp³-hybridized carbons (Fsp3) is 1.00. The van der Waals surface area contributed by atoms with Crippen LogP contribution in [0.15, 0.2) is 0 Å². The molecule has 0 amide bonds. The van der Waals surface area contributed by atoms with Crippen LogP contribution in [-0.4, -0.2) is 37.6 Å². The predicted molar refractivity (Wildman–Crippen MR) is 86.0 cm³/mol. The van der Waals surface area contributed by atoms with E-state index in [-0.39, 0.29) is 0 Å². The summed E-state index contributed by atoms with van der Waals surface area (Å²) < 4.78 is 0. The summed E-state index contributed by atoms with van der Waals surface area (Å²) in [6.07, 6.45) is 14.7. The molecule has 0 aromatic heterocycles. The Balaban J connectivity index is 1.52.